The maximum atomic E-state index is 3.73. The lowest BCUT2D eigenvalue weighted by molar-refractivity contribution is 0.501. The van der Waals surface area contributed by atoms with Crippen LogP contribution in [-0.2, 0) is 19.3 Å². The van der Waals surface area contributed by atoms with Crippen LogP contribution in [0.3, 0.4) is 0 Å². The summed E-state index contributed by atoms with van der Waals surface area (Å²) in [4.78, 5) is 0. The van der Waals surface area contributed by atoms with Crippen molar-refractivity contribution in [3.63, 3.8) is 0 Å². The first-order valence-electron chi connectivity index (χ1n) is 9.65. The Morgan fingerprint density at radius 3 is 2.50 bits per heavy atom. The van der Waals surface area contributed by atoms with Gasteiger partial charge in [0.15, 0.2) is 0 Å². The maximum absolute atomic E-state index is 3.73. The van der Waals surface area contributed by atoms with Gasteiger partial charge in [-0.25, -0.2) is 0 Å². The normalized spacial score (nSPS) is 18.2. The van der Waals surface area contributed by atoms with E-state index < -0.39 is 0 Å². The Morgan fingerprint density at radius 1 is 1.04 bits per heavy atom. The van der Waals surface area contributed by atoms with Crippen LogP contribution in [0.1, 0.15) is 73.4 Å². The summed E-state index contributed by atoms with van der Waals surface area (Å²) in [6.07, 6.45) is 5.86. The Bertz CT molecular complexity index is 656. The molecule has 2 unspecified atom stereocenters. The van der Waals surface area contributed by atoms with E-state index in [1.807, 2.05) is 0 Å². The zero-order valence-electron chi connectivity index (χ0n) is 15.4. The van der Waals surface area contributed by atoms with Crippen molar-refractivity contribution in [2.24, 2.45) is 0 Å². The van der Waals surface area contributed by atoms with E-state index in [9.17, 15) is 0 Å². The van der Waals surface area contributed by atoms with Gasteiger partial charge in [0.05, 0.1) is 0 Å². The summed E-state index contributed by atoms with van der Waals surface area (Å²) in [5.41, 5.74) is 7.45. The van der Waals surface area contributed by atoms with Gasteiger partial charge in [-0.2, -0.15) is 0 Å². The van der Waals surface area contributed by atoms with E-state index in [-0.39, 0.29) is 0 Å². The van der Waals surface area contributed by atoms with Crippen molar-refractivity contribution in [1.82, 2.24) is 5.32 Å². The van der Waals surface area contributed by atoms with Crippen LogP contribution in [0.15, 0.2) is 42.5 Å². The molecule has 1 N–H and O–H groups in total. The molecule has 0 saturated carbocycles. The molecule has 2 aromatic rings. The molecule has 0 bridgehead atoms. The number of hydrogen-bond acceptors (Lipinski definition) is 1. The monoisotopic (exact) mass is 321 g/mol. The number of nitrogens with one attached hydrogen (secondary N) is 1. The fraction of sp³-hybridized carbons (Fsp3) is 0.478. The van der Waals surface area contributed by atoms with E-state index in [4.69, 9.17) is 0 Å². The third-order valence-electron chi connectivity index (χ3n) is 5.51. The van der Waals surface area contributed by atoms with Gasteiger partial charge in [-0.1, -0.05) is 69.7 Å². The quantitative estimate of drug-likeness (QED) is 0.732. The predicted molar refractivity (Wildman–Crippen MR) is 104 cm³/mol. The Labute approximate surface area is 147 Å². The summed E-state index contributed by atoms with van der Waals surface area (Å²) in [5.74, 6) is 0.662. The lowest BCUT2D eigenvalue weighted by Gasteiger charge is -2.28. The third kappa shape index (κ3) is 3.89. The minimum absolute atomic E-state index is 0.455. The molecular weight excluding hydrogens is 290 g/mol. The first-order valence-corrected chi connectivity index (χ1v) is 9.65. The van der Waals surface area contributed by atoms with Crippen molar-refractivity contribution < 1.29 is 0 Å². The van der Waals surface area contributed by atoms with E-state index in [1.54, 1.807) is 5.56 Å². The van der Waals surface area contributed by atoms with Gasteiger partial charge in [0.2, 0.25) is 0 Å². The van der Waals surface area contributed by atoms with Crippen molar-refractivity contribution in [3.8, 4) is 0 Å². The van der Waals surface area contributed by atoms with Gasteiger partial charge in [-0.3, -0.25) is 0 Å². The first-order chi connectivity index (χ1) is 11.7. The van der Waals surface area contributed by atoms with Gasteiger partial charge >= 0.3 is 0 Å². The van der Waals surface area contributed by atoms with Crippen LogP contribution >= 0.6 is 0 Å². The Morgan fingerprint density at radius 2 is 1.79 bits per heavy atom. The Kier molecular flexibility index (Phi) is 5.73. The molecule has 0 radical (unpaired) electrons. The van der Waals surface area contributed by atoms with Crippen molar-refractivity contribution in [1.29, 1.82) is 0 Å². The van der Waals surface area contributed by atoms with Crippen LogP contribution in [0.5, 0.6) is 0 Å². The number of fused-ring (bicyclic) bond motifs is 1. The molecule has 1 nitrogen and oxygen atoms in total. The number of benzene rings is 2. The molecule has 0 fully saturated rings. The molecule has 0 aliphatic carbocycles. The fourth-order valence-electron chi connectivity index (χ4n) is 3.76. The van der Waals surface area contributed by atoms with Crippen molar-refractivity contribution in [3.05, 3.63) is 70.3 Å². The van der Waals surface area contributed by atoms with Crippen LogP contribution in [0.2, 0.25) is 0 Å². The molecule has 0 saturated heterocycles. The van der Waals surface area contributed by atoms with E-state index in [2.05, 4.69) is 68.6 Å². The van der Waals surface area contributed by atoms with Crippen molar-refractivity contribution >= 4 is 0 Å². The van der Waals surface area contributed by atoms with Crippen LogP contribution in [-0.4, -0.2) is 6.54 Å². The second-order valence-electron chi connectivity index (χ2n) is 7.29. The van der Waals surface area contributed by atoms with Gasteiger partial charge in [-0.05, 0) is 66.0 Å². The lowest BCUT2D eigenvalue weighted by atomic mass is 9.86. The minimum atomic E-state index is 0.455. The molecule has 2 atom stereocenters. The Hall–Kier alpha value is -1.60. The Balaban J connectivity index is 1.76. The summed E-state index contributed by atoms with van der Waals surface area (Å²) < 4.78 is 0. The van der Waals surface area contributed by atoms with E-state index in [0.717, 1.165) is 19.4 Å². The summed E-state index contributed by atoms with van der Waals surface area (Å²) >= 11 is 0. The topological polar surface area (TPSA) is 12.0 Å². The molecule has 0 spiro atoms. The number of aryl methyl sites for hydroxylation is 1. The highest BCUT2D eigenvalue weighted by Gasteiger charge is 2.20. The van der Waals surface area contributed by atoms with Crippen LogP contribution in [0, 0.1) is 0 Å². The summed E-state index contributed by atoms with van der Waals surface area (Å²) in [7, 11) is 0. The molecule has 1 heterocycles. The first kappa shape index (κ1) is 17.2. The van der Waals surface area contributed by atoms with Crippen molar-refractivity contribution in [2.75, 3.05) is 6.54 Å². The van der Waals surface area contributed by atoms with Crippen LogP contribution in [0.25, 0.3) is 0 Å². The molecule has 0 amide bonds. The van der Waals surface area contributed by atoms with E-state index >= 15 is 0 Å². The largest absolute Gasteiger partial charge is 0.309 e. The molecule has 0 aromatic heterocycles. The molecular formula is C23H31N. The van der Waals surface area contributed by atoms with Gasteiger partial charge in [0, 0.05) is 6.04 Å². The minimum Gasteiger partial charge on any atom is -0.309 e. The SMILES string of the molecule is CCCc1ccc(CC2NCCc3cc(C(C)CC)ccc32)cc1. The van der Waals surface area contributed by atoms with Crippen LogP contribution < -0.4 is 5.32 Å². The second-order valence-corrected chi connectivity index (χ2v) is 7.29. The lowest BCUT2D eigenvalue weighted by Crippen LogP contribution is -2.31. The molecule has 3 rings (SSSR count). The van der Waals surface area contributed by atoms with Crippen molar-refractivity contribution in [2.45, 2.75) is 64.8 Å². The highest BCUT2D eigenvalue weighted by molar-refractivity contribution is 5.38. The second kappa shape index (κ2) is 7.98. The molecule has 2 aromatic carbocycles. The van der Waals surface area contributed by atoms with Gasteiger partial charge in [0.25, 0.3) is 0 Å². The molecule has 1 heteroatoms. The number of rotatable bonds is 6. The molecule has 128 valence electrons. The van der Waals surface area contributed by atoms with E-state index in [0.29, 0.717) is 12.0 Å². The number of hydrogen-bond donors (Lipinski definition) is 1. The zero-order valence-corrected chi connectivity index (χ0v) is 15.4. The van der Waals surface area contributed by atoms with Gasteiger partial charge in [0.1, 0.15) is 0 Å². The van der Waals surface area contributed by atoms with Gasteiger partial charge in [-0.15, -0.1) is 0 Å². The van der Waals surface area contributed by atoms with Gasteiger partial charge < -0.3 is 5.32 Å². The fourth-order valence-corrected chi connectivity index (χ4v) is 3.76. The maximum Gasteiger partial charge on any atom is 0.0363 e. The van der Waals surface area contributed by atoms with E-state index in [1.165, 1.54) is 41.5 Å². The average Bonchev–Trinajstić information content (AvgIpc) is 2.62. The molecule has 1 aliphatic heterocycles. The summed E-state index contributed by atoms with van der Waals surface area (Å²) in [6.45, 7) is 7.94. The zero-order chi connectivity index (χ0) is 16.9. The smallest absolute Gasteiger partial charge is 0.0363 e. The summed E-state index contributed by atoms with van der Waals surface area (Å²) in [5, 5.41) is 3.73. The molecule has 24 heavy (non-hydrogen) atoms. The highest BCUT2D eigenvalue weighted by atomic mass is 14.9. The standard InChI is InChI=1S/C23H31N/c1-4-6-18-7-9-19(10-8-18)15-23-22-12-11-20(17(3)5-2)16-21(22)13-14-24-23/h7-12,16-17,23-24H,4-6,13-15H2,1-3H3. The summed E-state index contributed by atoms with van der Waals surface area (Å²) in [6, 6.07) is 16.9. The average molecular weight is 322 g/mol. The van der Waals surface area contributed by atoms with Crippen LogP contribution in [0.4, 0.5) is 0 Å². The highest BCUT2D eigenvalue weighted by Crippen LogP contribution is 2.29. The predicted octanol–water partition coefficient (Wildman–Crippen LogP) is 5.58. The molecule has 1 aliphatic rings. The third-order valence-corrected chi connectivity index (χ3v) is 5.51.